The van der Waals surface area contributed by atoms with Crippen molar-refractivity contribution in [2.24, 2.45) is 9.98 Å². The van der Waals surface area contributed by atoms with Crippen molar-refractivity contribution in [3.63, 3.8) is 0 Å². The van der Waals surface area contributed by atoms with Crippen LogP contribution in [0.25, 0.3) is 0 Å². The minimum Gasteiger partial charge on any atom is -0.282 e. The van der Waals surface area contributed by atoms with Crippen molar-refractivity contribution >= 4 is 125 Å². The van der Waals surface area contributed by atoms with Gasteiger partial charge in [-0.25, -0.2) is 0 Å². The van der Waals surface area contributed by atoms with E-state index in [2.05, 4.69) is 44.7 Å². The summed E-state index contributed by atoms with van der Waals surface area (Å²) in [5, 5.41) is 4.19. The predicted molar refractivity (Wildman–Crippen MR) is 121 cm³/mol. The summed E-state index contributed by atoms with van der Waals surface area (Å²) in [6.45, 7) is 0. The van der Waals surface area contributed by atoms with Gasteiger partial charge in [-0.05, 0) is 72.7 Å². The summed E-state index contributed by atoms with van der Waals surface area (Å²) < 4.78 is 65.6. The van der Waals surface area contributed by atoms with Crippen LogP contribution >= 0.6 is 24.4 Å². The molecule has 30 heavy (non-hydrogen) atoms. The van der Waals surface area contributed by atoms with E-state index >= 15 is 0 Å². The van der Waals surface area contributed by atoms with Gasteiger partial charge in [0.2, 0.25) is 0 Å². The maximum Gasteiger partial charge on any atom is 0.294 e. The number of isothiocyanates is 2. The van der Waals surface area contributed by atoms with Gasteiger partial charge in [0.25, 0.3) is 20.2 Å². The molecule has 2 radical (unpaired) electrons. The van der Waals surface area contributed by atoms with Crippen molar-refractivity contribution in [1.82, 2.24) is 0 Å². The van der Waals surface area contributed by atoms with Crippen molar-refractivity contribution in [2.45, 2.75) is 22.6 Å². The van der Waals surface area contributed by atoms with E-state index in [9.17, 15) is 25.9 Å². The van der Waals surface area contributed by atoms with Crippen LogP contribution < -0.4 is 0 Å². The first kappa shape index (κ1) is 29.9. The van der Waals surface area contributed by atoms with Gasteiger partial charge in [0.1, 0.15) is 0 Å². The zero-order chi connectivity index (χ0) is 20.9. The zero-order valence-corrected chi connectivity index (χ0v) is 23.2. The van der Waals surface area contributed by atoms with Crippen LogP contribution in [0.15, 0.2) is 56.2 Å². The first-order chi connectivity index (χ1) is 13.1. The molecule has 0 fully saturated rings. The Kier molecular flexibility index (Phi) is 12.7. The van der Waals surface area contributed by atoms with E-state index < -0.39 is 20.2 Å². The molecule has 0 aliphatic heterocycles. The number of thiocarbonyl (C=S) groups is 2. The number of aryl methyl sites for hydroxylation is 2. The van der Waals surface area contributed by atoms with E-state index in [1.807, 2.05) is 0 Å². The van der Waals surface area contributed by atoms with Crippen LogP contribution in [0.4, 0.5) is 11.4 Å². The normalized spacial score (nSPS) is 10.6. The first-order valence-electron chi connectivity index (χ1n) is 7.43. The summed E-state index contributed by atoms with van der Waals surface area (Å²) in [7, 11) is -9.11. The van der Waals surface area contributed by atoms with Crippen LogP contribution in [0.1, 0.15) is 11.1 Å². The summed E-state index contributed by atoms with van der Waals surface area (Å²) in [4.78, 5) is 6.57. The molecule has 0 bridgehead atoms. The molecule has 0 saturated carbocycles. The Labute approximate surface area is 229 Å². The van der Waals surface area contributed by atoms with Gasteiger partial charge in [-0.3, -0.25) is 9.11 Å². The molecular weight excluding hydrogens is 490 g/mol. The van der Waals surface area contributed by atoms with Crippen molar-refractivity contribution < 1.29 is 25.9 Å². The molecule has 0 atom stereocenters. The van der Waals surface area contributed by atoms with Crippen LogP contribution in [-0.4, -0.2) is 95.4 Å². The number of nitrogens with zero attached hydrogens (tertiary/aromatic N) is 2. The Hall–Kier alpha value is -0.140. The SMILES string of the molecule is O=S(=O)(O)c1cc(N=C=S)ccc1CCc1ccc(N=C=S)cc1S(=O)(=O)O.[Na].[Na]. The second-order valence-corrected chi connectivity index (χ2v) is 8.59. The molecule has 0 amide bonds. The quantitative estimate of drug-likeness (QED) is 0.256. The molecule has 0 heterocycles. The van der Waals surface area contributed by atoms with Crippen LogP contribution in [0, 0.1) is 0 Å². The predicted octanol–water partition coefficient (Wildman–Crippen LogP) is 2.67. The zero-order valence-electron chi connectivity index (χ0n) is 15.9. The Bertz CT molecular complexity index is 1140. The Morgan fingerprint density at radius 1 is 0.733 bits per heavy atom. The van der Waals surface area contributed by atoms with Gasteiger partial charge in [-0.1, -0.05) is 12.1 Å². The average molecular weight is 503 g/mol. The molecule has 0 unspecified atom stereocenters. The molecule has 2 aromatic rings. The Balaban J connectivity index is 0.00000420. The van der Waals surface area contributed by atoms with Gasteiger partial charge in [-0.2, -0.15) is 26.8 Å². The largest absolute Gasteiger partial charge is 0.294 e. The fraction of sp³-hybridized carbons (Fsp3) is 0.125. The van der Waals surface area contributed by atoms with Crippen LogP contribution in [0.2, 0.25) is 0 Å². The Morgan fingerprint density at radius 3 is 1.33 bits per heavy atom. The number of benzene rings is 2. The fourth-order valence-electron chi connectivity index (χ4n) is 2.49. The third kappa shape index (κ3) is 8.42. The summed E-state index contributed by atoms with van der Waals surface area (Å²) in [5.41, 5.74) is 0.834. The standard InChI is InChI=1S/C16H12N2O6S4.2Na/c19-27(20,21)15-7-13(17-9-25)5-3-11(15)1-2-12-4-6-14(18-10-26)8-16(12)28(22,23)24;;/h3-8H,1-2H2,(H,19,20,21)(H,22,23,24);;. The summed E-state index contributed by atoms with van der Waals surface area (Å²) in [6, 6.07) is 8.06. The van der Waals surface area contributed by atoms with E-state index in [1.165, 1.54) is 24.3 Å². The molecule has 0 spiro atoms. The van der Waals surface area contributed by atoms with E-state index in [0.717, 1.165) is 12.1 Å². The molecule has 0 saturated heterocycles. The van der Waals surface area contributed by atoms with Crippen molar-refractivity contribution in [2.75, 3.05) is 0 Å². The molecule has 148 valence electrons. The minimum absolute atomic E-state index is 0. The van der Waals surface area contributed by atoms with Gasteiger partial charge < -0.3 is 0 Å². The minimum atomic E-state index is -4.56. The summed E-state index contributed by atoms with van der Waals surface area (Å²) in [6.07, 6.45) is 0.101. The number of hydrogen-bond acceptors (Lipinski definition) is 8. The number of aliphatic imine (C=N–C) groups is 2. The molecule has 2 N–H and O–H groups in total. The van der Waals surface area contributed by atoms with E-state index in [-0.39, 0.29) is 104 Å². The van der Waals surface area contributed by atoms with Crippen molar-refractivity contribution in [3.8, 4) is 0 Å². The van der Waals surface area contributed by atoms with Crippen LogP contribution in [-0.2, 0) is 33.1 Å². The Morgan fingerprint density at radius 2 is 1.07 bits per heavy atom. The van der Waals surface area contributed by atoms with Crippen LogP contribution in [0.5, 0.6) is 0 Å². The monoisotopic (exact) mass is 502 g/mol. The maximum atomic E-state index is 11.7. The fourth-order valence-corrected chi connectivity index (χ4v) is 4.25. The number of hydrogen-bond donors (Lipinski definition) is 2. The van der Waals surface area contributed by atoms with Gasteiger partial charge in [-0.15, -0.1) is 0 Å². The van der Waals surface area contributed by atoms with Gasteiger partial charge in [0.15, 0.2) is 0 Å². The van der Waals surface area contributed by atoms with Gasteiger partial charge in [0.05, 0.1) is 31.5 Å². The summed E-state index contributed by atoms with van der Waals surface area (Å²) in [5.74, 6) is 0. The molecule has 2 rings (SSSR count). The summed E-state index contributed by atoms with van der Waals surface area (Å²) >= 11 is 8.94. The third-order valence-electron chi connectivity index (χ3n) is 3.67. The second-order valence-electron chi connectivity index (χ2n) is 5.44. The van der Waals surface area contributed by atoms with Gasteiger partial charge >= 0.3 is 0 Å². The van der Waals surface area contributed by atoms with Gasteiger partial charge in [0, 0.05) is 59.1 Å². The second kappa shape index (κ2) is 12.8. The topological polar surface area (TPSA) is 133 Å². The smallest absolute Gasteiger partial charge is 0.282 e. The van der Waals surface area contributed by atoms with E-state index in [4.69, 9.17) is 0 Å². The average Bonchev–Trinajstić information content (AvgIpc) is 2.60. The molecule has 2 aromatic carbocycles. The van der Waals surface area contributed by atoms with Crippen molar-refractivity contribution in [1.29, 1.82) is 0 Å². The van der Waals surface area contributed by atoms with E-state index in [1.54, 1.807) is 0 Å². The molecule has 0 aliphatic rings. The third-order valence-corrected chi connectivity index (χ3v) is 5.72. The molecule has 8 nitrogen and oxygen atoms in total. The maximum absolute atomic E-state index is 11.7. The molecule has 0 aromatic heterocycles. The first-order valence-corrected chi connectivity index (χ1v) is 11.1. The van der Waals surface area contributed by atoms with E-state index in [0.29, 0.717) is 0 Å². The van der Waals surface area contributed by atoms with Crippen LogP contribution in [0.3, 0.4) is 0 Å². The molecular formula is C16H12N2Na2O6S4. The molecule has 0 aliphatic carbocycles. The molecule has 14 heteroatoms. The number of rotatable bonds is 7. The van der Waals surface area contributed by atoms with Crippen molar-refractivity contribution in [3.05, 3.63) is 47.5 Å².